The Labute approximate surface area is 105 Å². The van der Waals surface area contributed by atoms with E-state index in [2.05, 4.69) is 0 Å². The molecule has 0 saturated heterocycles. The number of nitrogens with one attached hydrogen (secondary N) is 1. The van der Waals surface area contributed by atoms with E-state index in [1.165, 1.54) is 29.6 Å². The normalized spacial score (nSPS) is 12.3. The summed E-state index contributed by atoms with van der Waals surface area (Å²) in [6.07, 6.45) is -5.39. The highest BCUT2D eigenvalue weighted by molar-refractivity contribution is 5.96. The minimum Gasteiger partial charge on any atom is -0.330 e. The zero-order valence-electron chi connectivity index (χ0n) is 9.60. The molecule has 0 saturated carbocycles. The second kappa shape index (κ2) is 5.52. The number of carbonyl (C=O) groups excluding carboxylic acids is 1. The van der Waals surface area contributed by atoms with Gasteiger partial charge < -0.3 is 11.1 Å². The SMILES string of the molecule is NCCc1ccc(NC(=O)C(F)(F)C(F)(F)F)cc1. The first kappa shape index (κ1) is 15.4. The number of halogens is 5. The third-order valence-electron chi connectivity index (χ3n) is 2.29. The Balaban J connectivity index is 2.77. The number of nitrogens with two attached hydrogens (primary N) is 1. The van der Waals surface area contributed by atoms with Gasteiger partial charge in [-0.25, -0.2) is 0 Å². The van der Waals surface area contributed by atoms with Crippen LogP contribution in [0.4, 0.5) is 27.6 Å². The highest BCUT2D eigenvalue weighted by Crippen LogP contribution is 2.36. The smallest absolute Gasteiger partial charge is 0.330 e. The molecule has 19 heavy (non-hydrogen) atoms. The van der Waals surface area contributed by atoms with Gasteiger partial charge in [0.05, 0.1) is 0 Å². The Morgan fingerprint density at radius 3 is 2.05 bits per heavy atom. The molecule has 0 spiro atoms. The van der Waals surface area contributed by atoms with Gasteiger partial charge in [0.25, 0.3) is 0 Å². The fourth-order valence-electron chi connectivity index (χ4n) is 1.26. The summed E-state index contributed by atoms with van der Waals surface area (Å²) in [6, 6.07) is 5.42. The molecule has 0 aliphatic carbocycles. The van der Waals surface area contributed by atoms with Crippen molar-refractivity contribution in [3.05, 3.63) is 29.8 Å². The van der Waals surface area contributed by atoms with E-state index < -0.39 is 18.0 Å². The van der Waals surface area contributed by atoms with Crippen LogP contribution >= 0.6 is 0 Å². The third kappa shape index (κ3) is 3.63. The summed E-state index contributed by atoms with van der Waals surface area (Å²) in [4.78, 5) is 10.9. The lowest BCUT2D eigenvalue weighted by atomic mass is 10.1. The topological polar surface area (TPSA) is 55.1 Å². The van der Waals surface area contributed by atoms with E-state index in [0.717, 1.165) is 5.56 Å². The molecule has 0 fully saturated rings. The minimum absolute atomic E-state index is 0.144. The van der Waals surface area contributed by atoms with Crippen LogP contribution in [0.2, 0.25) is 0 Å². The lowest BCUT2D eigenvalue weighted by Crippen LogP contribution is -2.47. The van der Waals surface area contributed by atoms with Crippen LogP contribution in [-0.2, 0) is 11.2 Å². The van der Waals surface area contributed by atoms with E-state index in [1.54, 1.807) is 0 Å². The van der Waals surface area contributed by atoms with Crippen LogP contribution in [0.25, 0.3) is 0 Å². The van der Waals surface area contributed by atoms with Gasteiger partial charge >= 0.3 is 18.0 Å². The van der Waals surface area contributed by atoms with Crippen molar-refractivity contribution in [1.82, 2.24) is 0 Å². The molecule has 0 unspecified atom stereocenters. The molecule has 1 aromatic rings. The zero-order valence-corrected chi connectivity index (χ0v) is 9.60. The second-order valence-electron chi connectivity index (χ2n) is 3.76. The maximum absolute atomic E-state index is 12.7. The lowest BCUT2D eigenvalue weighted by Gasteiger charge is -2.18. The second-order valence-corrected chi connectivity index (χ2v) is 3.76. The Morgan fingerprint density at radius 2 is 1.63 bits per heavy atom. The molecule has 0 aliphatic rings. The van der Waals surface area contributed by atoms with E-state index in [0.29, 0.717) is 13.0 Å². The number of rotatable bonds is 4. The summed E-state index contributed by atoms with van der Waals surface area (Å²) in [6.45, 7) is 0.373. The van der Waals surface area contributed by atoms with Gasteiger partial charge in [-0.05, 0) is 30.7 Å². The number of carbonyl (C=O) groups is 1. The van der Waals surface area contributed by atoms with Crippen molar-refractivity contribution in [1.29, 1.82) is 0 Å². The van der Waals surface area contributed by atoms with Crippen LogP contribution < -0.4 is 11.1 Å². The molecule has 0 radical (unpaired) electrons. The molecule has 3 N–H and O–H groups in total. The summed E-state index contributed by atoms with van der Waals surface area (Å²) in [5, 5.41) is 1.52. The van der Waals surface area contributed by atoms with Crippen LogP contribution in [0.1, 0.15) is 5.56 Å². The van der Waals surface area contributed by atoms with Gasteiger partial charge in [0.15, 0.2) is 0 Å². The van der Waals surface area contributed by atoms with E-state index in [9.17, 15) is 26.7 Å². The monoisotopic (exact) mass is 282 g/mol. The summed E-state index contributed by atoms with van der Waals surface area (Å²) >= 11 is 0. The van der Waals surface area contributed by atoms with Crippen LogP contribution in [0.15, 0.2) is 24.3 Å². The Hall–Kier alpha value is -1.70. The molecule has 1 rings (SSSR count). The van der Waals surface area contributed by atoms with Crippen LogP contribution in [0.5, 0.6) is 0 Å². The van der Waals surface area contributed by atoms with Gasteiger partial charge in [-0.1, -0.05) is 12.1 Å². The van der Waals surface area contributed by atoms with Gasteiger partial charge in [-0.15, -0.1) is 0 Å². The van der Waals surface area contributed by atoms with Crippen molar-refractivity contribution in [3.8, 4) is 0 Å². The van der Waals surface area contributed by atoms with Crippen molar-refractivity contribution in [2.75, 3.05) is 11.9 Å². The summed E-state index contributed by atoms with van der Waals surface area (Å²) < 4.78 is 61.1. The molecule has 8 heteroatoms. The fraction of sp³-hybridized carbons (Fsp3) is 0.364. The predicted octanol–water partition coefficient (Wildman–Crippen LogP) is 2.32. The molecule has 0 aliphatic heterocycles. The number of amides is 1. The molecular weight excluding hydrogens is 271 g/mol. The Bertz CT molecular complexity index is 441. The van der Waals surface area contributed by atoms with Gasteiger partial charge in [-0.3, -0.25) is 4.79 Å². The number of hydrogen-bond donors (Lipinski definition) is 2. The highest BCUT2D eigenvalue weighted by atomic mass is 19.4. The maximum Gasteiger partial charge on any atom is 0.463 e. The minimum atomic E-state index is -5.92. The summed E-state index contributed by atoms with van der Waals surface area (Å²) in [5.74, 6) is -7.84. The molecular formula is C11H11F5N2O. The van der Waals surface area contributed by atoms with E-state index in [4.69, 9.17) is 5.73 Å². The molecule has 0 aromatic heterocycles. The van der Waals surface area contributed by atoms with Crippen LogP contribution in [-0.4, -0.2) is 24.6 Å². The van der Waals surface area contributed by atoms with Crippen LogP contribution in [0.3, 0.4) is 0 Å². The van der Waals surface area contributed by atoms with E-state index in [-0.39, 0.29) is 5.69 Å². The van der Waals surface area contributed by atoms with Crippen molar-refractivity contribution >= 4 is 11.6 Å². The number of alkyl halides is 5. The van der Waals surface area contributed by atoms with Crippen molar-refractivity contribution in [2.45, 2.75) is 18.5 Å². The van der Waals surface area contributed by atoms with E-state index in [1.807, 2.05) is 0 Å². The van der Waals surface area contributed by atoms with Gasteiger partial charge in [-0.2, -0.15) is 22.0 Å². The largest absolute Gasteiger partial charge is 0.463 e. The molecule has 1 aromatic carbocycles. The molecule has 106 valence electrons. The third-order valence-corrected chi connectivity index (χ3v) is 2.29. The van der Waals surface area contributed by atoms with Gasteiger partial charge in [0.2, 0.25) is 0 Å². The Kier molecular flexibility index (Phi) is 4.46. The van der Waals surface area contributed by atoms with Crippen molar-refractivity contribution in [3.63, 3.8) is 0 Å². The van der Waals surface area contributed by atoms with E-state index >= 15 is 0 Å². The van der Waals surface area contributed by atoms with Crippen LogP contribution in [0, 0.1) is 0 Å². The number of benzene rings is 1. The quantitative estimate of drug-likeness (QED) is 0.833. The number of anilines is 1. The first-order valence-corrected chi connectivity index (χ1v) is 5.23. The molecule has 0 heterocycles. The highest BCUT2D eigenvalue weighted by Gasteiger charge is 2.63. The van der Waals surface area contributed by atoms with Crippen molar-refractivity contribution in [2.24, 2.45) is 5.73 Å². The van der Waals surface area contributed by atoms with Gasteiger partial charge in [0.1, 0.15) is 0 Å². The van der Waals surface area contributed by atoms with Crippen molar-refractivity contribution < 1.29 is 26.7 Å². The zero-order chi connectivity index (χ0) is 14.7. The standard InChI is InChI=1S/C11H11F5N2O/c12-10(13,11(14,15)16)9(19)18-8-3-1-7(2-4-8)5-6-17/h1-4H,5-6,17H2,(H,18,19). The summed E-state index contributed by atoms with van der Waals surface area (Å²) in [7, 11) is 0. The average Bonchev–Trinajstić information content (AvgIpc) is 2.30. The molecule has 3 nitrogen and oxygen atoms in total. The first-order chi connectivity index (χ1) is 8.68. The molecule has 0 atom stereocenters. The van der Waals surface area contributed by atoms with Gasteiger partial charge in [0, 0.05) is 5.69 Å². The Morgan fingerprint density at radius 1 is 1.11 bits per heavy atom. The average molecular weight is 282 g/mol. The summed E-state index contributed by atoms with van der Waals surface area (Å²) in [5.41, 5.74) is 5.93. The maximum atomic E-state index is 12.7. The predicted molar refractivity (Wildman–Crippen MR) is 58.8 cm³/mol. The molecule has 0 bridgehead atoms. The first-order valence-electron chi connectivity index (χ1n) is 5.23. The number of hydrogen-bond acceptors (Lipinski definition) is 2. The lowest BCUT2D eigenvalue weighted by molar-refractivity contribution is -0.267. The molecule has 1 amide bonds. The fourth-order valence-corrected chi connectivity index (χ4v) is 1.26.